The number of carbonyl (C=O) groups excluding carboxylic acids is 1. The van der Waals surface area contributed by atoms with Gasteiger partial charge in [0.25, 0.3) is 0 Å². The van der Waals surface area contributed by atoms with Crippen LogP contribution in [0.3, 0.4) is 0 Å². The van der Waals surface area contributed by atoms with Crippen LogP contribution in [0.4, 0.5) is 5.69 Å². The molecule has 0 aliphatic heterocycles. The maximum atomic E-state index is 12.4. The Labute approximate surface area is 195 Å². The number of anilines is 1. The lowest BCUT2D eigenvalue weighted by molar-refractivity contribution is -0.113. The van der Waals surface area contributed by atoms with Crippen LogP contribution in [0.25, 0.3) is 11.4 Å². The average Bonchev–Trinajstić information content (AvgIpc) is 3.19. The number of allylic oxidation sites excluding steroid dienone is 1. The zero-order valence-corrected chi connectivity index (χ0v) is 19.5. The topological polar surface area (TPSA) is 87.5 Å². The smallest absolute Gasteiger partial charge is 0.234 e. The van der Waals surface area contributed by atoms with Gasteiger partial charge in [-0.2, -0.15) is 0 Å². The zero-order valence-electron chi connectivity index (χ0n) is 17.9. The van der Waals surface area contributed by atoms with Gasteiger partial charge in [0.05, 0.1) is 27.1 Å². The molecule has 0 atom stereocenters. The Morgan fingerprint density at radius 3 is 2.47 bits per heavy atom. The number of carbonyl (C=O) groups is 1. The molecular weight excluding hydrogens is 452 g/mol. The normalized spacial score (nSPS) is 10.5. The Hall–Kier alpha value is -3.17. The van der Waals surface area contributed by atoms with E-state index in [4.69, 9.17) is 25.8 Å². The number of rotatable bonds is 10. The molecule has 1 aromatic heterocycles. The third-order valence-electron chi connectivity index (χ3n) is 4.39. The Morgan fingerprint density at radius 2 is 1.88 bits per heavy atom. The summed E-state index contributed by atoms with van der Waals surface area (Å²) in [4.78, 5) is 12.4. The molecule has 0 spiro atoms. The number of hydrogen-bond donors (Lipinski definition) is 1. The summed E-state index contributed by atoms with van der Waals surface area (Å²) in [6.45, 7) is 4.27. The second-order valence-electron chi connectivity index (χ2n) is 6.47. The van der Waals surface area contributed by atoms with Crippen molar-refractivity contribution in [3.8, 4) is 28.6 Å². The summed E-state index contributed by atoms with van der Waals surface area (Å²) in [6, 6.07) is 10.6. The van der Waals surface area contributed by atoms with Crippen molar-refractivity contribution in [2.24, 2.45) is 0 Å². The van der Waals surface area contributed by atoms with Crippen LogP contribution in [0.5, 0.6) is 17.2 Å². The average molecular weight is 475 g/mol. The largest absolute Gasteiger partial charge is 0.493 e. The fourth-order valence-corrected chi connectivity index (χ4v) is 3.94. The van der Waals surface area contributed by atoms with E-state index in [0.717, 1.165) is 5.56 Å². The minimum atomic E-state index is -0.181. The number of aromatic nitrogens is 3. The predicted molar refractivity (Wildman–Crippen MR) is 126 cm³/mol. The Kier molecular flexibility index (Phi) is 8.02. The van der Waals surface area contributed by atoms with E-state index >= 15 is 0 Å². The molecule has 0 radical (unpaired) electrons. The minimum Gasteiger partial charge on any atom is -0.493 e. The van der Waals surface area contributed by atoms with Crippen molar-refractivity contribution in [2.45, 2.75) is 11.7 Å². The molecule has 0 bridgehead atoms. The van der Waals surface area contributed by atoms with Crippen LogP contribution < -0.4 is 19.5 Å². The first-order valence-corrected chi connectivity index (χ1v) is 10.9. The van der Waals surface area contributed by atoms with E-state index in [0.29, 0.717) is 45.5 Å². The summed E-state index contributed by atoms with van der Waals surface area (Å²) in [5.41, 5.74) is 1.36. The van der Waals surface area contributed by atoms with Gasteiger partial charge >= 0.3 is 0 Å². The number of benzene rings is 2. The van der Waals surface area contributed by atoms with Crippen LogP contribution in [0.15, 0.2) is 54.2 Å². The van der Waals surface area contributed by atoms with Gasteiger partial charge in [0.15, 0.2) is 22.5 Å². The highest BCUT2D eigenvalue weighted by Gasteiger charge is 2.20. The highest BCUT2D eigenvalue weighted by atomic mass is 35.5. The zero-order chi connectivity index (χ0) is 23.1. The van der Waals surface area contributed by atoms with Crippen LogP contribution in [0.2, 0.25) is 5.02 Å². The number of nitrogens with one attached hydrogen (secondary N) is 1. The van der Waals surface area contributed by atoms with Gasteiger partial charge in [-0.15, -0.1) is 16.8 Å². The van der Waals surface area contributed by atoms with Gasteiger partial charge in [0, 0.05) is 22.8 Å². The summed E-state index contributed by atoms with van der Waals surface area (Å²) in [6.07, 6.45) is 1.74. The van der Waals surface area contributed by atoms with Crippen LogP contribution in [-0.2, 0) is 11.3 Å². The molecule has 1 amide bonds. The van der Waals surface area contributed by atoms with Gasteiger partial charge in [-0.05, 0) is 30.3 Å². The molecule has 32 heavy (non-hydrogen) atoms. The van der Waals surface area contributed by atoms with Crippen LogP contribution >= 0.6 is 23.4 Å². The van der Waals surface area contributed by atoms with Gasteiger partial charge < -0.3 is 19.5 Å². The standard InChI is InChI=1S/C22H23ClN4O4S/c1-5-9-27-21(14-10-17(29-2)20(31-4)18(11-14)30-3)25-26-22(27)32-13-19(28)24-16-8-6-7-15(23)12-16/h5-8,10-12H,1,9,13H2,2-4H3,(H,24,28). The quantitative estimate of drug-likeness (QED) is 0.341. The summed E-state index contributed by atoms with van der Waals surface area (Å²) in [5.74, 6) is 2.05. The van der Waals surface area contributed by atoms with Crippen molar-refractivity contribution in [2.75, 3.05) is 32.4 Å². The van der Waals surface area contributed by atoms with Crippen LogP contribution in [0.1, 0.15) is 0 Å². The van der Waals surface area contributed by atoms with Crippen LogP contribution in [-0.4, -0.2) is 47.8 Å². The first kappa shape index (κ1) is 23.5. The predicted octanol–water partition coefficient (Wildman–Crippen LogP) is 4.54. The van der Waals surface area contributed by atoms with E-state index < -0.39 is 0 Å². The van der Waals surface area contributed by atoms with Crippen molar-refractivity contribution in [1.29, 1.82) is 0 Å². The van der Waals surface area contributed by atoms with Gasteiger partial charge in [0.2, 0.25) is 11.7 Å². The number of hydrogen-bond acceptors (Lipinski definition) is 7. The summed E-state index contributed by atoms with van der Waals surface area (Å²) < 4.78 is 18.1. The molecular formula is C22H23ClN4O4S. The van der Waals surface area contributed by atoms with Crippen molar-refractivity contribution in [1.82, 2.24) is 14.8 Å². The molecule has 10 heteroatoms. The molecule has 3 aromatic rings. The lowest BCUT2D eigenvalue weighted by atomic mass is 10.1. The highest BCUT2D eigenvalue weighted by molar-refractivity contribution is 7.99. The molecule has 0 saturated heterocycles. The molecule has 0 saturated carbocycles. The number of methoxy groups -OCH3 is 3. The first-order chi connectivity index (χ1) is 15.5. The second-order valence-corrected chi connectivity index (χ2v) is 7.85. The van der Waals surface area contributed by atoms with E-state index in [1.165, 1.54) is 11.8 Å². The van der Waals surface area contributed by atoms with E-state index in [1.807, 2.05) is 4.57 Å². The first-order valence-electron chi connectivity index (χ1n) is 9.53. The lowest BCUT2D eigenvalue weighted by Gasteiger charge is -2.14. The van der Waals surface area contributed by atoms with Gasteiger partial charge in [0.1, 0.15) is 0 Å². The van der Waals surface area contributed by atoms with Gasteiger partial charge in [-0.3, -0.25) is 9.36 Å². The number of halogens is 1. The molecule has 3 rings (SSSR count). The van der Waals surface area contributed by atoms with Crippen LogP contribution in [0, 0.1) is 0 Å². The van der Waals surface area contributed by atoms with E-state index in [9.17, 15) is 4.79 Å². The minimum absolute atomic E-state index is 0.150. The summed E-state index contributed by atoms with van der Waals surface area (Å²) in [5, 5.41) is 12.5. The Morgan fingerprint density at radius 1 is 1.16 bits per heavy atom. The Balaban J connectivity index is 1.84. The SMILES string of the molecule is C=CCn1c(SCC(=O)Nc2cccc(Cl)c2)nnc1-c1cc(OC)c(OC)c(OC)c1. The molecule has 0 aliphatic rings. The molecule has 1 N–H and O–H groups in total. The molecule has 0 fully saturated rings. The third-order valence-corrected chi connectivity index (χ3v) is 5.59. The van der Waals surface area contributed by atoms with E-state index in [1.54, 1.807) is 63.8 Å². The van der Waals surface area contributed by atoms with Crippen molar-refractivity contribution in [3.05, 3.63) is 54.1 Å². The summed E-state index contributed by atoms with van der Waals surface area (Å²) >= 11 is 7.24. The molecule has 168 valence electrons. The second kappa shape index (κ2) is 10.9. The molecule has 0 aliphatic carbocycles. The van der Waals surface area contributed by atoms with Crippen molar-refractivity contribution >= 4 is 35.0 Å². The fourth-order valence-electron chi connectivity index (χ4n) is 3.01. The van der Waals surface area contributed by atoms with E-state index in [-0.39, 0.29) is 11.7 Å². The molecule has 2 aromatic carbocycles. The molecule has 1 heterocycles. The third kappa shape index (κ3) is 5.35. The van der Waals surface area contributed by atoms with Gasteiger partial charge in [-0.25, -0.2) is 0 Å². The number of ether oxygens (including phenoxy) is 3. The lowest BCUT2D eigenvalue weighted by Crippen LogP contribution is -2.14. The summed E-state index contributed by atoms with van der Waals surface area (Å²) in [7, 11) is 4.65. The number of amides is 1. The fraction of sp³-hybridized carbons (Fsp3) is 0.227. The maximum Gasteiger partial charge on any atom is 0.234 e. The van der Waals surface area contributed by atoms with Gasteiger partial charge in [-0.1, -0.05) is 35.5 Å². The monoisotopic (exact) mass is 474 g/mol. The Bertz CT molecular complexity index is 1090. The highest BCUT2D eigenvalue weighted by Crippen LogP contribution is 2.41. The van der Waals surface area contributed by atoms with Crippen molar-refractivity contribution in [3.63, 3.8) is 0 Å². The number of thioether (sulfide) groups is 1. The molecule has 8 nitrogen and oxygen atoms in total. The van der Waals surface area contributed by atoms with E-state index in [2.05, 4.69) is 22.1 Å². The maximum absolute atomic E-state index is 12.4. The van der Waals surface area contributed by atoms with Crippen molar-refractivity contribution < 1.29 is 19.0 Å². The number of nitrogens with zero attached hydrogens (tertiary/aromatic N) is 3. The molecule has 0 unspecified atom stereocenters.